The summed E-state index contributed by atoms with van der Waals surface area (Å²) < 4.78 is 51.2. The topological polar surface area (TPSA) is 114 Å². The molecule has 3 heterocycles. The normalized spacial score (nSPS) is 14.8. The number of benzene rings is 3. The Hall–Kier alpha value is -4.20. The van der Waals surface area contributed by atoms with E-state index in [9.17, 15) is 22.4 Å². The molecule has 5 aromatic rings. The van der Waals surface area contributed by atoms with Crippen LogP contribution in [0.25, 0.3) is 44.0 Å². The number of fused-ring (bicyclic) bond motifs is 4. The lowest BCUT2D eigenvalue weighted by Crippen LogP contribution is -2.22. The number of nitrogens with zero attached hydrogens (tertiary/aromatic N) is 2. The highest BCUT2D eigenvalue weighted by molar-refractivity contribution is 7.86. The number of aromatic nitrogens is 2. The van der Waals surface area contributed by atoms with E-state index in [1.54, 1.807) is 30.3 Å². The maximum atomic E-state index is 14.1. The molecule has 1 fully saturated rings. The predicted molar refractivity (Wildman–Crippen MR) is 151 cm³/mol. The minimum atomic E-state index is -4.93. The van der Waals surface area contributed by atoms with Crippen LogP contribution >= 0.6 is 0 Å². The first-order valence-electron chi connectivity index (χ1n) is 13.0. The number of hydrogen-bond acceptors (Lipinski definition) is 6. The Morgan fingerprint density at radius 1 is 1.10 bits per heavy atom. The number of H-pyrrole nitrogens is 1. The van der Waals surface area contributed by atoms with Crippen molar-refractivity contribution in [1.29, 1.82) is 5.26 Å². The summed E-state index contributed by atoms with van der Waals surface area (Å²) in [5.74, 6) is 0.387. The van der Waals surface area contributed by atoms with Crippen molar-refractivity contribution in [2.45, 2.75) is 43.7 Å². The molecule has 40 heavy (non-hydrogen) atoms. The first-order chi connectivity index (χ1) is 19.2. The van der Waals surface area contributed by atoms with E-state index in [1.807, 2.05) is 19.9 Å². The average molecular weight is 560 g/mol. The summed E-state index contributed by atoms with van der Waals surface area (Å²) >= 11 is 0. The van der Waals surface area contributed by atoms with Crippen LogP contribution in [0.5, 0.6) is 5.75 Å². The van der Waals surface area contributed by atoms with E-state index < -0.39 is 15.1 Å². The standard InChI is InChI=1S/C30H26FN3O5S/c1-17(2)39-27-15-24-26(14-23(27)19-4-3-5-21(13-19)40(31,36)37)34(20-8-10-38-11-9-20)30-28(29(24)35)22-7-6-18(16-32)12-25(22)33-30/h3-7,12-15,17,20,33H,8-11H2,1-2H3. The van der Waals surface area contributed by atoms with E-state index in [4.69, 9.17) is 9.47 Å². The van der Waals surface area contributed by atoms with Gasteiger partial charge in [0.2, 0.25) is 0 Å². The van der Waals surface area contributed by atoms with Crippen LogP contribution in [-0.4, -0.2) is 37.3 Å². The van der Waals surface area contributed by atoms with Crippen LogP contribution in [-0.2, 0) is 15.0 Å². The van der Waals surface area contributed by atoms with Gasteiger partial charge in [0.25, 0.3) is 0 Å². The van der Waals surface area contributed by atoms with Crippen molar-refractivity contribution in [2.24, 2.45) is 0 Å². The van der Waals surface area contributed by atoms with Gasteiger partial charge in [-0.3, -0.25) is 4.79 Å². The zero-order chi connectivity index (χ0) is 28.2. The highest BCUT2D eigenvalue weighted by Crippen LogP contribution is 2.39. The van der Waals surface area contributed by atoms with Crippen molar-refractivity contribution in [2.75, 3.05) is 13.2 Å². The molecule has 204 valence electrons. The van der Waals surface area contributed by atoms with Crippen molar-refractivity contribution < 1.29 is 21.8 Å². The van der Waals surface area contributed by atoms with Crippen molar-refractivity contribution in [3.63, 3.8) is 0 Å². The second-order valence-electron chi connectivity index (χ2n) is 10.3. The first kappa shape index (κ1) is 26.0. The summed E-state index contributed by atoms with van der Waals surface area (Å²) in [7, 11) is -4.93. The molecule has 0 spiro atoms. The fourth-order valence-corrected chi connectivity index (χ4v) is 6.09. The molecule has 1 N–H and O–H groups in total. The molecular weight excluding hydrogens is 533 g/mol. The number of halogens is 1. The van der Waals surface area contributed by atoms with Crippen LogP contribution in [0, 0.1) is 11.3 Å². The molecule has 0 bridgehead atoms. The molecule has 0 atom stereocenters. The van der Waals surface area contributed by atoms with Gasteiger partial charge in [-0.15, -0.1) is 3.89 Å². The number of ether oxygens (including phenoxy) is 2. The molecule has 0 saturated carbocycles. The number of pyridine rings is 1. The molecule has 6 rings (SSSR count). The van der Waals surface area contributed by atoms with Crippen molar-refractivity contribution in [3.8, 4) is 22.9 Å². The fraction of sp³-hybridized carbons (Fsp3) is 0.267. The minimum Gasteiger partial charge on any atom is -0.490 e. The minimum absolute atomic E-state index is 0.00474. The summed E-state index contributed by atoms with van der Waals surface area (Å²) in [5, 5.41) is 11.1. The van der Waals surface area contributed by atoms with E-state index >= 15 is 0 Å². The third-order valence-electron chi connectivity index (χ3n) is 7.32. The Morgan fingerprint density at radius 3 is 2.58 bits per heavy atom. The van der Waals surface area contributed by atoms with Crippen molar-refractivity contribution in [1.82, 2.24) is 9.55 Å². The summed E-state index contributed by atoms with van der Waals surface area (Å²) in [6.07, 6.45) is 1.20. The third kappa shape index (κ3) is 4.41. The smallest absolute Gasteiger partial charge is 0.332 e. The van der Waals surface area contributed by atoms with Crippen LogP contribution in [0.2, 0.25) is 0 Å². The molecule has 0 unspecified atom stereocenters. The van der Waals surface area contributed by atoms with E-state index in [-0.39, 0.29) is 17.6 Å². The van der Waals surface area contributed by atoms with Gasteiger partial charge in [0, 0.05) is 35.7 Å². The Balaban J connectivity index is 1.75. The number of nitrogens with one attached hydrogen (secondary N) is 1. The van der Waals surface area contributed by atoms with Crippen LogP contribution in [0.4, 0.5) is 3.89 Å². The molecule has 3 aromatic carbocycles. The monoisotopic (exact) mass is 559 g/mol. The molecular formula is C30H26FN3O5S. The molecule has 8 nitrogen and oxygen atoms in total. The predicted octanol–water partition coefficient (Wildman–Crippen LogP) is 5.97. The van der Waals surface area contributed by atoms with Crippen molar-refractivity contribution >= 4 is 43.1 Å². The zero-order valence-electron chi connectivity index (χ0n) is 21.9. The fourth-order valence-electron chi connectivity index (χ4n) is 5.58. The number of nitriles is 1. The highest BCUT2D eigenvalue weighted by Gasteiger charge is 2.25. The highest BCUT2D eigenvalue weighted by atomic mass is 32.3. The van der Waals surface area contributed by atoms with Gasteiger partial charge in [-0.25, -0.2) is 0 Å². The maximum absolute atomic E-state index is 14.1. The Bertz CT molecular complexity index is 2020. The van der Waals surface area contributed by atoms with Gasteiger partial charge in [-0.05, 0) is 68.7 Å². The van der Waals surface area contributed by atoms with E-state index in [0.717, 1.165) is 18.2 Å². The maximum Gasteiger partial charge on any atom is 0.332 e. The Morgan fingerprint density at radius 2 is 1.88 bits per heavy atom. The molecule has 0 aliphatic carbocycles. The second kappa shape index (κ2) is 9.77. The van der Waals surface area contributed by atoms with E-state index in [0.29, 0.717) is 63.1 Å². The Labute approximate surface area is 229 Å². The van der Waals surface area contributed by atoms with Crippen LogP contribution in [0.1, 0.15) is 38.3 Å². The van der Waals surface area contributed by atoms with Gasteiger partial charge < -0.3 is 19.0 Å². The number of aromatic amines is 1. The lowest BCUT2D eigenvalue weighted by atomic mass is 9.99. The van der Waals surface area contributed by atoms with Gasteiger partial charge in [-0.2, -0.15) is 13.7 Å². The average Bonchev–Trinajstić information content (AvgIpc) is 3.31. The number of hydrogen-bond donors (Lipinski definition) is 1. The molecule has 0 amide bonds. The van der Waals surface area contributed by atoms with Gasteiger partial charge in [-0.1, -0.05) is 18.2 Å². The molecule has 1 saturated heterocycles. The summed E-state index contributed by atoms with van der Waals surface area (Å²) in [4.78, 5) is 17.1. The third-order valence-corrected chi connectivity index (χ3v) is 8.14. The van der Waals surface area contributed by atoms with Crippen LogP contribution in [0.3, 0.4) is 0 Å². The van der Waals surface area contributed by atoms with Gasteiger partial charge >= 0.3 is 10.2 Å². The molecule has 1 aliphatic rings. The van der Waals surface area contributed by atoms with Crippen LogP contribution < -0.4 is 10.2 Å². The largest absolute Gasteiger partial charge is 0.490 e. The first-order valence-corrected chi connectivity index (χ1v) is 14.4. The summed E-state index contributed by atoms with van der Waals surface area (Å²) in [6.45, 7) is 4.84. The van der Waals surface area contributed by atoms with E-state index in [2.05, 4.69) is 15.6 Å². The zero-order valence-corrected chi connectivity index (χ0v) is 22.7. The number of rotatable bonds is 5. The molecule has 2 aromatic heterocycles. The van der Waals surface area contributed by atoms with Gasteiger partial charge in [0.05, 0.1) is 38.9 Å². The summed E-state index contributed by atoms with van der Waals surface area (Å²) in [5.41, 5.74) is 3.22. The quantitative estimate of drug-likeness (QED) is 0.265. The molecule has 10 heteroatoms. The lowest BCUT2D eigenvalue weighted by molar-refractivity contribution is 0.0715. The van der Waals surface area contributed by atoms with Crippen LogP contribution in [0.15, 0.2) is 64.3 Å². The van der Waals surface area contributed by atoms with Gasteiger partial charge in [0.15, 0.2) is 5.43 Å². The lowest BCUT2D eigenvalue weighted by Gasteiger charge is -2.28. The van der Waals surface area contributed by atoms with Crippen molar-refractivity contribution in [3.05, 3.63) is 70.4 Å². The summed E-state index contributed by atoms with van der Waals surface area (Å²) in [6, 6.07) is 16.5. The molecule has 1 aliphatic heterocycles. The Kier molecular flexibility index (Phi) is 6.36. The molecule has 0 radical (unpaired) electrons. The second-order valence-corrected chi connectivity index (χ2v) is 11.6. The van der Waals surface area contributed by atoms with Gasteiger partial charge in [0.1, 0.15) is 11.4 Å². The SMILES string of the molecule is CC(C)Oc1cc2c(=O)c3c4ccc(C#N)cc4[nH]c3n(C3CCOCC3)c2cc1-c1cccc(S(=O)(=O)F)c1. The van der Waals surface area contributed by atoms with E-state index in [1.165, 1.54) is 18.2 Å².